The third-order valence-electron chi connectivity index (χ3n) is 3.70. The van der Waals surface area contributed by atoms with E-state index in [1.807, 2.05) is 18.2 Å². The van der Waals surface area contributed by atoms with Crippen molar-refractivity contribution in [3.63, 3.8) is 0 Å². The molecule has 0 radical (unpaired) electrons. The first kappa shape index (κ1) is 14.8. The average molecular weight is 288 g/mol. The number of hydrogen-bond acceptors (Lipinski definition) is 3. The van der Waals surface area contributed by atoms with Gasteiger partial charge in [-0.2, -0.15) is 5.26 Å². The van der Waals surface area contributed by atoms with Crippen LogP contribution in [0.15, 0.2) is 18.2 Å². The molecule has 0 bridgehead atoms. The van der Waals surface area contributed by atoms with Gasteiger partial charge in [0.05, 0.1) is 22.7 Å². The number of H-pyrrole nitrogens is 1. The fraction of sp³-hybridized carbons (Fsp3) is 0.467. The topological polar surface area (TPSA) is 47.8 Å². The van der Waals surface area contributed by atoms with Crippen LogP contribution in [0.1, 0.15) is 32.4 Å². The minimum Gasteiger partial charge on any atom is -0.331 e. The standard InChI is InChI=1S/C15H20N4S/c1-4-18(5-2)10-11(3)19-14-8-12(9-16)6-7-13(14)17-15(19)20/h6-8,11H,4-5,10H2,1-3H3,(H,17,20). The molecule has 0 aliphatic carbocycles. The fourth-order valence-electron chi connectivity index (χ4n) is 2.57. The van der Waals surface area contributed by atoms with Crippen molar-refractivity contribution in [1.82, 2.24) is 14.5 Å². The number of nitrogens with zero attached hydrogens (tertiary/aromatic N) is 3. The minimum absolute atomic E-state index is 0.269. The summed E-state index contributed by atoms with van der Waals surface area (Å²) in [6, 6.07) is 8.09. The summed E-state index contributed by atoms with van der Waals surface area (Å²) in [5.41, 5.74) is 2.66. The maximum atomic E-state index is 9.05. The van der Waals surface area contributed by atoms with Crippen molar-refractivity contribution in [1.29, 1.82) is 5.26 Å². The summed E-state index contributed by atoms with van der Waals surface area (Å²) in [5, 5.41) is 9.05. The van der Waals surface area contributed by atoms with E-state index in [9.17, 15) is 0 Å². The molecule has 4 nitrogen and oxygen atoms in total. The molecule has 0 saturated carbocycles. The van der Waals surface area contributed by atoms with Gasteiger partial charge < -0.3 is 14.5 Å². The molecule has 0 amide bonds. The Morgan fingerprint density at radius 2 is 2.10 bits per heavy atom. The van der Waals surface area contributed by atoms with Crippen molar-refractivity contribution in [3.8, 4) is 6.07 Å². The highest BCUT2D eigenvalue weighted by molar-refractivity contribution is 7.71. The van der Waals surface area contributed by atoms with Gasteiger partial charge >= 0.3 is 0 Å². The van der Waals surface area contributed by atoms with Gasteiger partial charge in [-0.1, -0.05) is 13.8 Å². The van der Waals surface area contributed by atoms with E-state index in [1.54, 1.807) is 0 Å². The molecule has 1 aromatic carbocycles. The summed E-state index contributed by atoms with van der Waals surface area (Å²) < 4.78 is 2.83. The second-order valence-electron chi connectivity index (χ2n) is 4.98. The second-order valence-corrected chi connectivity index (χ2v) is 5.37. The van der Waals surface area contributed by atoms with Crippen LogP contribution in [0.3, 0.4) is 0 Å². The zero-order valence-corrected chi connectivity index (χ0v) is 13.0. The quantitative estimate of drug-likeness (QED) is 0.857. The van der Waals surface area contributed by atoms with Gasteiger partial charge in [-0.05, 0) is 50.4 Å². The fourth-order valence-corrected chi connectivity index (χ4v) is 2.95. The third kappa shape index (κ3) is 2.77. The Labute approximate surface area is 124 Å². The zero-order valence-electron chi connectivity index (χ0n) is 12.2. The first-order valence-electron chi connectivity index (χ1n) is 6.97. The van der Waals surface area contributed by atoms with Crippen LogP contribution >= 0.6 is 12.2 Å². The maximum absolute atomic E-state index is 9.05. The number of imidazole rings is 1. The lowest BCUT2D eigenvalue weighted by Crippen LogP contribution is -2.29. The van der Waals surface area contributed by atoms with E-state index < -0.39 is 0 Å². The van der Waals surface area contributed by atoms with Crippen molar-refractivity contribution in [2.45, 2.75) is 26.8 Å². The molecule has 0 fully saturated rings. The first-order chi connectivity index (χ1) is 9.60. The number of fused-ring (bicyclic) bond motifs is 1. The van der Waals surface area contributed by atoms with Crippen LogP contribution in [0.25, 0.3) is 11.0 Å². The second kappa shape index (κ2) is 6.21. The predicted molar refractivity (Wildman–Crippen MR) is 84.3 cm³/mol. The zero-order chi connectivity index (χ0) is 14.7. The maximum Gasteiger partial charge on any atom is 0.178 e. The van der Waals surface area contributed by atoms with Gasteiger partial charge in [0.25, 0.3) is 0 Å². The Morgan fingerprint density at radius 1 is 1.40 bits per heavy atom. The van der Waals surface area contributed by atoms with Gasteiger partial charge in [-0.15, -0.1) is 0 Å². The van der Waals surface area contributed by atoms with Crippen LogP contribution in [-0.2, 0) is 0 Å². The van der Waals surface area contributed by atoms with E-state index in [-0.39, 0.29) is 6.04 Å². The molecular weight excluding hydrogens is 268 g/mol. The first-order valence-corrected chi connectivity index (χ1v) is 7.38. The van der Waals surface area contributed by atoms with Crippen LogP contribution in [0.2, 0.25) is 0 Å². The van der Waals surface area contributed by atoms with E-state index in [0.717, 1.165) is 35.4 Å². The summed E-state index contributed by atoms with van der Waals surface area (Å²) in [6.45, 7) is 9.50. The molecule has 0 saturated heterocycles. The van der Waals surface area contributed by atoms with E-state index in [0.29, 0.717) is 5.56 Å². The molecule has 5 heteroatoms. The smallest absolute Gasteiger partial charge is 0.178 e. The highest BCUT2D eigenvalue weighted by Crippen LogP contribution is 2.21. The molecule has 1 heterocycles. The number of nitriles is 1. The SMILES string of the molecule is CCN(CC)CC(C)n1c(=S)[nH]c2ccc(C#N)cc21. The van der Waals surface area contributed by atoms with E-state index in [4.69, 9.17) is 17.5 Å². The summed E-state index contributed by atoms with van der Waals surface area (Å²) in [5.74, 6) is 0. The highest BCUT2D eigenvalue weighted by Gasteiger charge is 2.14. The van der Waals surface area contributed by atoms with Crippen molar-refractivity contribution >= 4 is 23.3 Å². The number of benzene rings is 1. The number of aromatic amines is 1. The lowest BCUT2D eigenvalue weighted by Gasteiger charge is -2.24. The lowest BCUT2D eigenvalue weighted by molar-refractivity contribution is 0.262. The Hall–Kier alpha value is -1.64. The Balaban J connectivity index is 2.45. The molecule has 1 atom stereocenters. The molecule has 0 spiro atoms. The van der Waals surface area contributed by atoms with Crippen molar-refractivity contribution in [2.24, 2.45) is 0 Å². The molecule has 1 N–H and O–H groups in total. The number of nitrogens with one attached hydrogen (secondary N) is 1. The van der Waals surface area contributed by atoms with E-state index in [1.165, 1.54) is 0 Å². The van der Waals surface area contributed by atoms with Crippen LogP contribution < -0.4 is 0 Å². The normalized spacial score (nSPS) is 12.8. The predicted octanol–water partition coefficient (Wildman–Crippen LogP) is 3.47. The van der Waals surface area contributed by atoms with Crippen LogP contribution in [-0.4, -0.2) is 34.1 Å². The molecule has 2 aromatic rings. The molecule has 2 rings (SSSR count). The number of aromatic nitrogens is 2. The Morgan fingerprint density at radius 3 is 2.70 bits per heavy atom. The van der Waals surface area contributed by atoms with Gasteiger partial charge in [0, 0.05) is 12.6 Å². The van der Waals surface area contributed by atoms with Crippen molar-refractivity contribution in [3.05, 3.63) is 28.5 Å². The molecule has 20 heavy (non-hydrogen) atoms. The van der Waals surface area contributed by atoms with Crippen molar-refractivity contribution < 1.29 is 0 Å². The summed E-state index contributed by atoms with van der Waals surface area (Å²) in [4.78, 5) is 5.59. The Bertz CT molecular complexity index is 688. The van der Waals surface area contributed by atoms with Gasteiger partial charge in [0.2, 0.25) is 0 Å². The largest absolute Gasteiger partial charge is 0.331 e. The average Bonchev–Trinajstić information content (AvgIpc) is 2.79. The number of hydrogen-bond donors (Lipinski definition) is 1. The van der Waals surface area contributed by atoms with Gasteiger partial charge in [-0.25, -0.2) is 0 Å². The molecular formula is C15H20N4S. The van der Waals surface area contributed by atoms with Gasteiger partial charge in [-0.3, -0.25) is 0 Å². The Kier molecular flexibility index (Phi) is 4.58. The number of likely N-dealkylation sites (N-methyl/N-ethyl adjacent to an activating group) is 1. The summed E-state index contributed by atoms with van der Waals surface area (Å²) in [7, 11) is 0. The molecule has 1 aromatic heterocycles. The molecule has 1 unspecified atom stereocenters. The lowest BCUT2D eigenvalue weighted by atomic mass is 10.2. The minimum atomic E-state index is 0.269. The summed E-state index contributed by atoms with van der Waals surface area (Å²) in [6.07, 6.45) is 0. The van der Waals surface area contributed by atoms with E-state index in [2.05, 4.69) is 41.3 Å². The van der Waals surface area contributed by atoms with E-state index >= 15 is 0 Å². The monoisotopic (exact) mass is 288 g/mol. The van der Waals surface area contributed by atoms with Crippen molar-refractivity contribution in [2.75, 3.05) is 19.6 Å². The summed E-state index contributed by atoms with van der Waals surface area (Å²) >= 11 is 5.44. The number of rotatable bonds is 5. The third-order valence-corrected chi connectivity index (χ3v) is 4.00. The van der Waals surface area contributed by atoms with Gasteiger partial charge in [0.1, 0.15) is 0 Å². The van der Waals surface area contributed by atoms with Gasteiger partial charge in [0.15, 0.2) is 4.77 Å². The van der Waals surface area contributed by atoms with Crippen LogP contribution in [0.4, 0.5) is 0 Å². The molecule has 0 aliphatic rings. The molecule has 106 valence electrons. The van der Waals surface area contributed by atoms with Crippen LogP contribution in [0.5, 0.6) is 0 Å². The highest BCUT2D eigenvalue weighted by atomic mass is 32.1. The van der Waals surface area contributed by atoms with Crippen LogP contribution in [0, 0.1) is 16.1 Å². The molecule has 0 aliphatic heterocycles.